The number of nitrogens with one attached hydrogen (secondary N) is 1. The zero-order valence-corrected chi connectivity index (χ0v) is 24.3. The van der Waals surface area contributed by atoms with Gasteiger partial charge in [0.05, 0.1) is 29.6 Å². The van der Waals surface area contributed by atoms with Crippen LogP contribution in [0.25, 0.3) is 0 Å². The second-order valence-electron chi connectivity index (χ2n) is 10.0. The van der Waals surface area contributed by atoms with Gasteiger partial charge in [0, 0.05) is 29.8 Å². The third kappa shape index (κ3) is 6.09. The molecule has 2 heterocycles. The molecule has 1 atom stereocenters. The van der Waals surface area contributed by atoms with Crippen LogP contribution in [0.15, 0.2) is 46.3 Å². The van der Waals surface area contributed by atoms with Gasteiger partial charge in [-0.05, 0) is 37.5 Å². The molecule has 1 aromatic carbocycles. The van der Waals surface area contributed by atoms with Gasteiger partial charge in [-0.15, -0.1) is 0 Å². The topological polar surface area (TPSA) is 134 Å². The standard InChI is InChI=1S/C26H25F6N3O7S2/c1-14-4-6-15(7-5-14)44(39,40)35-13-20(16-8-9-25(24(28)29,11-19(16)35)12-21(36)41-2)43(37,38)34-18-10-17(27)22(26(30,31)32)33-23(18)42-3/h4-7,10,13,24,34H,8-9,11-12H2,1-3H3/i3D3. The van der Waals surface area contributed by atoms with Crippen molar-refractivity contribution in [1.82, 2.24) is 8.96 Å². The molecule has 0 spiro atoms. The van der Waals surface area contributed by atoms with E-state index >= 15 is 0 Å². The van der Waals surface area contributed by atoms with Crippen molar-refractivity contribution in [2.24, 2.45) is 5.41 Å². The number of carbonyl (C=O) groups is 1. The Labute approximate surface area is 252 Å². The first-order valence-corrected chi connectivity index (χ1v) is 15.3. The molecule has 2 aromatic heterocycles. The maximum atomic E-state index is 14.5. The van der Waals surface area contributed by atoms with E-state index in [9.17, 15) is 48.0 Å². The molecule has 18 heteroatoms. The van der Waals surface area contributed by atoms with Gasteiger partial charge in [0.25, 0.3) is 20.0 Å². The second kappa shape index (κ2) is 11.6. The lowest BCUT2D eigenvalue weighted by Gasteiger charge is -2.36. The van der Waals surface area contributed by atoms with E-state index in [4.69, 9.17) is 4.11 Å². The molecule has 0 bridgehead atoms. The van der Waals surface area contributed by atoms with Crippen molar-refractivity contribution in [1.29, 1.82) is 0 Å². The molecule has 0 radical (unpaired) electrons. The molecule has 0 fully saturated rings. The fourth-order valence-corrected chi connectivity index (χ4v) is 7.67. The molecule has 3 aromatic rings. The highest BCUT2D eigenvalue weighted by Crippen LogP contribution is 2.46. The molecule has 0 amide bonds. The van der Waals surface area contributed by atoms with E-state index in [0.29, 0.717) is 15.7 Å². The third-order valence-corrected chi connectivity index (χ3v) is 10.3. The molecular weight excluding hydrogens is 644 g/mol. The van der Waals surface area contributed by atoms with Crippen LogP contribution in [0.4, 0.5) is 32.0 Å². The molecule has 0 saturated heterocycles. The molecule has 1 aliphatic rings. The van der Waals surface area contributed by atoms with Crippen molar-refractivity contribution in [3.63, 3.8) is 0 Å². The van der Waals surface area contributed by atoms with Crippen LogP contribution in [0.3, 0.4) is 0 Å². The maximum absolute atomic E-state index is 14.5. The summed E-state index contributed by atoms with van der Waals surface area (Å²) in [6.45, 7) is 1.65. The van der Waals surface area contributed by atoms with Crippen molar-refractivity contribution in [3.05, 3.63) is 64.9 Å². The summed E-state index contributed by atoms with van der Waals surface area (Å²) in [4.78, 5) is 13.7. The number of hydrogen-bond acceptors (Lipinski definition) is 8. The predicted molar refractivity (Wildman–Crippen MR) is 142 cm³/mol. The molecular formula is C26H25F6N3O7S2. The van der Waals surface area contributed by atoms with Crippen LogP contribution in [0.5, 0.6) is 5.88 Å². The van der Waals surface area contributed by atoms with Crippen molar-refractivity contribution in [2.45, 2.75) is 55.0 Å². The molecule has 240 valence electrons. The number of rotatable bonds is 9. The Morgan fingerprint density at radius 2 is 1.86 bits per heavy atom. The van der Waals surface area contributed by atoms with E-state index in [1.807, 2.05) is 0 Å². The molecule has 1 unspecified atom stereocenters. The summed E-state index contributed by atoms with van der Waals surface area (Å²) in [5.74, 6) is -4.64. The molecule has 0 aliphatic heterocycles. The van der Waals surface area contributed by atoms with Gasteiger partial charge in [-0.1, -0.05) is 17.7 Å². The number of nitrogens with zero attached hydrogens (tertiary/aromatic N) is 2. The average Bonchev–Trinajstić information content (AvgIpc) is 3.33. The number of anilines is 1. The minimum Gasteiger partial charge on any atom is -0.479 e. The maximum Gasteiger partial charge on any atom is 0.436 e. The number of esters is 1. The quantitative estimate of drug-likeness (QED) is 0.256. The number of methoxy groups -OCH3 is 2. The van der Waals surface area contributed by atoms with Crippen molar-refractivity contribution >= 4 is 31.7 Å². The van der Waals surface area contributed by atoms with E-state index in [2.05, 4.69) is 14.5 Å². The van der Waals surface area contributed by atoms with Crippen LogP contribution >= 0.6 is 0 Å². The van der Waals surface area contributed by atoms with Crippen molar-refractivity contribution < 1.29 is 61.6 Å². The second-order valence-corrected chi connectivity index (χ2v) is 13.5. The van der Waals surface area contributed by atoms with E-state index < -0.39 is 110 Å². The lowest BCUT2D eigenvalue weighted by Crippen LogP contribution is -2.39. The van der Waals surface area contributed by atoms with Gasteiger partial charge >= 0.3 is 12.1 Å². The van der Waals surface area contributed by atoms with Crippen molar-refractivity contribution in [3.8, 4) is 5.88 Å². The zero-order chi connectivity index (χ0) is 35.3. The molecule has 1 N–H and O–H groups in total. The van der Waals surface area contributed by atoms with E-state index in [1.165, 1.54) is 24.3 Å². The predicted octanol–water partition coefficient (Wildman–Crippen LogP) is 4.70. The largest absolute Gasteiger partial charge is 0.479 e. The molecule has 4 rings (SSSR count). The Bertz CT molecular complexity index is 1920. The number of pyridine rings is 1. The molecule has 0 saturated carbocycles. The van der Waals surface area contributed by atoms with Crippen LogP contribution < -0.4 is 9.46 Å². The first-order chi connectivity index (χ1) is 21.5. The van der Waals surface area contributed by atoms with Gasteiger partial charge in [0.1, 0.15) is 10.6 Å². The van der Waals surface area contributed by atoms with Crippen LogP contribution in [0, 0.1) is 18.2 Å². The number of ether oxygens (including phenoxy) is 2. The fourth-order valence-electron chi connectivity index (χ4n) is 4.85. The van der Waals surface area contributed by atoms with Crippen LogP contribution in [-0.2, 0) is 48.6 Å². The van der Waals surface area contributed by atoms with Crippen LogP contribution in [0.1, 0.15) is 39.5 Å². The Morgan fingerprint density at radius 3 is 2.43 bits per heavy atom. The number of fused-ring (bicyclic) bond motifs is 1. The summed E-state index contributed by atoms with van der Waals surface area (Å²) in [6, 6.07) is 5.16. The van der Waals surface area contributed by atoms with Crippen molar-refractivity contribution in [2.75, 3.05) is 18.9 Å². The first kappa shape index (κ1) is 28.9. The number of hydrogen-bond donors (Lipinski definition) is 1. The molecule has 10 nitrogen and oxygen atoms in total. The summed E-state index contributed by atoms with van der Waals surface area (Å²) in [7, 11) is -12.4. The summed E-state index contributed by atoms with van der Waals surface area (Å²) < 4.78 is 171. The van der Waals surface area contributed by atoms with Gasteiger partial charge in [0.2, 0.25) is 12.3 Å². The fraction of sp³-hybridized carbons (Fsp3) is 0.385. The minimum atomic E-state index is -5.45. The number of alkyl halides is 5. The number of benzene rings is 1. The zero-order valence-electron chi connectivity index (χ0n) is 25.7. The SMILES string of the molecule is [2H]C([2H])([2H])Oc1nc(C(F)(F)F)c(F)cc1NS(=O)(=O)c1cn(S(=O)(=O)c2ccc(C)cc2)c2c1CCC(CC(=O)OC)(C(F)F)C2. The average molecular weight is 673 g/mol. The summed E-state index contributed by atoms with van der Waals surface area (Å²) in [6.07, 6.45) is -10.9. The minimum absolute atomic E-state index is 0.0287. The van der Waals surface area contributed by atoms with E-state index in [1.54, 1.807) is 11.6 Å². The number of halogens is 6. The van der Waals surface area contributed by atoms with Gasteiger partial charge < -0.3 is 9.47 Å². The Kier molecular flexibility index (Phi) is 7.63. The summed E-state index contributed by atoms with van der Waals surface area (Å²) in [5, 5.41) is 0. The van der Waals surface area contributed by atoms with Gasteiger partial charge in [-0.3, -0.25) is 9.52 Å². The molecule has 44 heavy (non-hydrogen) atoms. The summed E-state index contributed by atoms with van der Waals surface area (Å²) >= 11 is 0. The normalized spacial score (nSPS) is 18.6. The number of sulfonamides is 1. The Hall–Kier alpha value is -3.80. The Balaban J connectivity index is 1.93. The highest BCUT2D eigenvalue weighted by molar-refractivity contribution is 7.93. The van der Waals surface area contributed by atoms with E-state index in [0.717, 1.165) is 7.11 Å². The number of carbonyl (C=O) groups excluding carboxylic acids is 1. The lowest BCUT2D eigenvalue weighted by atomic mass is 9.71. The monoisotopic (exact) mass is 672 g/mol. The van der Waals surface area contributed by atoms with Gasteiger partial charge in [0.15, 0.2) is 11.5 Å². The summed E-state index contributed by atoms with van der Waals surface area (Å²) in [5.41, 5.74) is -5.72. The van der Waals surface area contributed by atoms with Crippen LogP contribution in [-0.4, -0.2) is 52.3 Å². The highest BCUT2D eigenvalue weighted by Gasteiger charge is 2.48. The lowest BCUT2D eigenvalue weighted by molar-refractivity contribution is -0.148. The first-order valence-electron chi connectivity index (χ1n) is 13.9. The third-order valence-electron chi connectivity index (χ3n) is 7.14. The number of aryl methyl sites for hydroxylation is 1. The molecule has 1 aliphatic carbocycles. The highest BCUT2D eigenvalue weighted by atomic mass is 32.2. The number of aromatic nitrogens is 2. The van der Waals surface area contributed by atoms with Crippen LogP contribution in [0.2, 0.25) is 0 Å². The smallest absolute Gasteiger partial charge is 0.436 e. The van der Waals surface area contributed by atoms with Gasteiger partial charge in [-0.25, -0.2) is 39.0 Å². The van der Waals surface area contributed by atoms with Gasteiger partial charge in [-0.2, -0.15) is 13.2 Å². The van der Waals surface area contributed by atoms with E-state index in [-0.39, 0.29) is 16.5 Å². The Morgan fingerprint density at radius 1 is 1.20 bits per heavy atom.